The molecule has 81 heavy (non-hydrogen) atoms. The van der Waals surface area contributed by atoms with Gasteiger partial charge in [0.05, 0.1) is 55.7 Å². The zero-order chi connectivity index (χ0) is 57.8. The Hall–Kier alpha value is -8.78. The van der Waals surface area contributed by atoms with Crippen molar-refractivity contribution in [2.45, 2.75) is 41.5 Å². The Kier molecular flexibility index (Phi) is 12.2. The molecule has 5 aromatic heterocycles. The van der Waals surface area contributed by atoms with Gasteiger partial charge in [-0.3, -0.25) is 0 Å². The highest BCUT2D eigenvalue weighted by atomic mass is 32.1. The minimum absolute atomic E-state index is 0.0897. The zero-order valence-electron chi connectivity index (χ0n) is 42.5. The van der Waals surface area contributed by atoms with E-state index in [0.29, 0.717) is 54.3 Å². The van der Waals surface area contributed by atoms with Crippen molar-refractivity contribution in [2.75, 3.05) is 0 Å². The number of nitrogens with zero attached hydrogens (tertiary/aromatic N) is 2. The number of benzene rings is 5. The largest absolute Gasteiger partial charge is 0.354 e. The van der Waals surface area contributed by atoms with Crippen molar-refractivity contribution in [1.29, 1.82) is 0 Å². The smallest absolute Gasteiger partial charge is 0.200 e. The number of allylic oxidation sites excluding steroid dienone is 2. The molecule has 7 heterocycles. The Bertz CT molecular complexity index is 4700. The molecule has 0 saturated heterocycles. The number of nitrogens with one attached hydrogen (secondary N) is 2. The van der Waals surface area contributed by atoms with Gasteiger partial charge in [0, 0.05) is 48.3 Å². The average Bonchev–Trinajstić information content (AvgIpc) is 4.42. The number of hydrogen-bond acceptors (Lipinski definition) is 2. The van der Waals surface area contributed by atoms with Gasteiger partial charge in [0.1, 0.15) is 0 Å². The molecule has 0 unspecified atom stereocenters. The van der Waals surface area contributed by atoms with Crippen LogP contribution in [0.4, 0.5) is 65.9 Å². The molecule has 2 aliphatic rings. The van der Waals surface area contributed by atoms with Crippen LogP contribution in [0.5, 0.6) is 0 Å². The Labute approximate surface area is 451 Å². The van der Waals surface area contributed by atoms with Gasteiger partial charge >= 0.3 is 0 Å². The molecule has 2 aliphatic heterocycles. The number of hydrogen-bond donors (Lipinski definition) is 2. The summed E-state index contributed by atoms with van der Waals surface area (Å²) >= 11 is 1.18. The van der Waals surface area contributed by atoms with Crippen LogP contribution in [0.2, 0.25) is 0 Å². The molecule has 0 aliphatic carbocycles. The van der Waals surface area contributed by atoms with E-state index in [1.807, 2.05) is 52.0 Å². The van der Waals surface area contributed by atoms with Crippen LogP contribution in [-0.4, -0.2) is 20.1 Å². The van der Waals surface area contributed by atoms with Gasteiger partial charge in [-0.25, -0.2) is 70.8 Å². The maximum absolute atomic E-state index is 16.7. The first kappa shape index (κ1) is 52.9. The molecule has 0 spiro atoms. The molecule has 8 bridgehead atoms. The van der Waals surface area contributed by atoms with Crippen molar-refractivity contribution >= 4 is 55.9 Å². The van der Waals surface area contributed by atoms with E-state index in [1.54, 1.807) is 26.0 Å². The summed E-state index contributed by atoms with van der Waals surface area (Å²) in [6.07, 6.45) is 2.64. The zero-order valence-corrected chi connectivity index (χ0v) is 43.3. The van der Waals surface area contributed by atoms with Gasteiger partial charge in [0.25, 0.3) is 0 Å². The topological polar surface area (TPSA) is 48.3 Å². The number of H-pyrrole nitrogens is 2. The number of aliphatic imine (C=N–C) groups is 1. The number of fused-ring (bicyclic) bond motifs is 6. The number of aromatic nitrogens is 3. The first-order valence-corrected chi connectivity index (χ1v) is 25.2. The fourth-order valence-electron chi connectivity index (χ4n) is 11.5. The van der Waals surface area contributed by atoms with E-state index >= 15 is 52.7 Å². The minimum atomic E-state index is -2.60. The summed E-state index contributed by atoms with van der Waals surface area (Å²) in [6, 6.07) is 16.2. The SMILES string of the molecule is Cc1cc(C)c(C2=C3C=CC(=N3)C(c3c(F)c(F)c(F)c(F)c3F)=c3ccc([nH]3)=C(c3c(F)c(F)c(F)c(F)c3F)c3ccc4c(-c5c(F)c(F)c(F)c(F)c5F)c5[nH]c(cc5n34)=C(c3c(C)cc(C)cc3C)c3ccc2s3)c(C)c1. The molecular weight excluding hydrogens is 1110 g/mol. The fraction of sp³-hybridized carbons (Fsp3) is 0.0984. The molecule has 0 atom stereocenters. The summed E-state index contributed by atoms with van der Waals surface area (Å²) in [5, 5.41) is -1.18. The molecule has 0 saturated carbocycles. The summed E-state index contributed by atoms with van der Waals surface area (Å²) in [4.78, 5) is 11.6. The van der Waals surface area contributed by atoms with E-state index < -0.39 is 148 Å². The van der Waals surface area contributed by atoms with Crippen LogP contribution in [0.15, 0.2) is 89.6 Å². The molecule has 0 amide bonds. The number of thiophene rings is 1. The summed E-state index contributed by atoms with van der Waals surface area (Å²) in [6.45, 7) is 10.9. The molecular formula is C61H33F15N4S. The van der Waals surface area contributed by atoms with Crippen molar-refractivity contribution in [2.24, 2.45) is 4.99 Å². The number of halogens is 15. The Morgan fingerprint density at radius 1 is 0.358 bits per heavy atom. The van der Waals surface area contributed by atoms with E-state index in [4.69, 9.17) is 4.99 Å². The van der Waals surface area contributed by atoms with E-state index in [9.17, 15) is 13.2 Å². The fourth-order valence-corrected chi connectivity index (χ4v) is 12.7. The van der Waals surface area contributed by atoms with Gasteiger partial charge in [-0.2, -0.15) is 0 Å². The lowest BCUT2D eigenvalue weighted by Crippen LogP contribution is -2.23. The number of rotatable bonds is 5. The summed E-state index contributed by atoms with van der Waals surface area (Å²) in [7, 11) is 0. The Morgan fingerprint density at radius 2 is 0.778 bits per heavy atom. The maximum atomic E-state index is 16.7. The van der Waals surface area contributed by atoms with Crippen LogP contribution >= 0.6 is 11.3 Å². The molecule has 20 heteroatoms. The van der Waals surface area contributed by atoms with Gasteiger partial charge in [-0.05, 0) is 130 Å². The molecule has 12 rings (SSSR count). The third-order valence-corrected chi connectivity index (χ3v) is 15.8. The van der Waals surface area contributed by atoms with E-state index in [1.165, 1.54) is 29.6 Å². The lowest BCUT2D eigenvalue weighted by atomic mass is 9.91. The van der Waals surface area contributed by atoms with Crippen molar-refractivity contribution in [3.8, 4) is 11.1 Å². The highest BCUT2D eigenvalue weighted by Crippen LogP contribution is 2.45. The summed E-state index contributed by atoms with van der Waals surface area (Å²) in [5.41, 5.74) is -2.92. The van der Waals surface area contributed by atoms with Gasteiger partial charge in [0.2, 0.25) is 17.5 Å². The lowest BCUT2D eigenvalue weighted by molar-refractivity contribution is 0.376. The van der Waals surface area contributed by atoms with Crippen LogP contribution in [0.3, 0.4) is 0 Å². The van der Waals surface area contributed by atoms with Gasteiger partial charge < -0.3 is 14.4 Å². The predicted octanol–water partition coefficient (Wildman–Crippen LogP) is 14.6. The van der Waals surface area contributed by atoms with Crippen molar-refractivity contribution in [3.63, 3.8) is 0 Å². The van der Waals surface area contributed by atoms with Crippen LogP contribution in [0, 0.1) is 129 Å². The van der Waals surface area contributed by atoms with Crippen LogP contribution in [0.1, 0.15) is 71.1 Å². The highest BCUT2D eigenvalue weighted by molar-refractivity contribution is 7.14. The molecule has 10 aromatic rings. The second-order valence-corrected chi connectivity index (χ2v) is 20.9. The number of aromatic amines is 2. The molecule has 0 radical (unpaired) electrons. The maximum Gasteiger partial charge on any atom is 0.200 e. The highest BCUT2D eigenvalue weighted by Gasteiger charge is 2.36. The number of aryl methyl sites for hydroxylation is 6. The second-order valence-electron chi connectivity index (χ2n) is 19.8. The summed E-state index contributed by atoms with van der Waals surface area (Å²) in [5.74, 6) is -36.3. The van der Waals surface area contributed by atoms with Crippen molar-refractivity contribution < 1.29 is 65.9 Å². The normalized spacial score (nSPS) is 13.6. The van der Waals surface area contributed by atoms with Crippen LogP contribution in [-0.2, 0) is 0 Å². The van der Waals surface area contributed by atoms with Gasteiger partial charge in [-0.15, -0.1) is 11.3 Å². The van der Waals surface area contributed by atoms with Crippen molar-refractivity contribution in [3.05, 3.63) is 259 Å². The predicted molar refractivity (Wildman–Crippen MR) is 276 cm³/mol. The van der Waals surface area contributed by atoms with Gasteiger partial charge in [-0.1, -0.05) is 35.4 Å². The Balaban J connectivity index is 1.37. The van der Waals surface area contributed by atoms with E-state index in [0.717, 1.165) is 39.8 Å². The van der Waals surface area contributed by atoms with E-state index in [2.05, 4.69) is 9.97 Å². The molecule has 4 nitrogen and oxygen atoms in total. The molecule has 0 fully saturated rings. The molecule has 408 valence electrons. The molecule has 5 aromatic carbocycles. The first-order chi connectivity index (χ1) is 38.4. The third-order valence-electron chi connectivity index (χ3n) is 14.7. The lowest BCUT2D eigenvalue weighted by Gasteiger charge is -2.16. The minimum Gasteiger partial charge on any atom is -0.354 e. The van der Waals surface area contributed by atoms with Crippen LogP contribution in [0.25, 0.3) is 50.0 Å². The average molecular weight is 1140 g/mol. The third kappa shape index (κ3) is 7.65. The molecule has 2 N–H and O–H groups in total. The quantitative estimate of drug-likeness (QED) is 0.0980. The first-order valence-electron chi connectivity index (χ1n) is 24.4. The second kappa shape index (κ2) is 18.7. The monoisotopic (exact) mass is 1140 g/mol. The summed E-state index contributed by atoms with van der Waals surface area (Å²) < 4.78 is 238. The van der Waals surface area contributed by atoms with Crippen molar-refractivity contribution in [1.82, 2.24) is 14.4 Å². The Morgan fingerprint density at radius 3 is 1.27 bits per heavy atom. The van der Waals surface area contributed by atoms with Crippen LogP contribution < -0.4 is 16.0 Å². The standard InChI is InChI=1S/C61H33F15N4S/c1-20-15-22(3)36(23(4)16-20)40-29-10-8-27(78-29)38(43-46(62)52(68)58(74)53(69)47(43)63)26-7-9-28(77-26)39(44-48(64)54(70)59(75)55(71)49(44)65)31-11-12-32-42(45-50(66)56(72)60(76)57(73)51(45)67)61-33(80(31)32)19-30(79-61)41(35-14-13-34(40)81-35)37-24(5)17-21(2)18-25(37)6/h7-19,77,79H,1-6H3. The van der Waals surface area contributed by atoms with E-state index in [-0.39, 0.29) is 22.1 Å². The van der Waals surface area contributed by atoms with Gasteiger partial charge in [0.15, 0.2) is 69.8 Å².